The van der Waals surface area contributed by atoms with Crippen molar-refractivity contribution in [2.75, 3.05) is 21.3 Å². The van der Waals surface area contributed by atoms with Crippen molar-refractivity contribution < 1.29 is 17.9 Å². The predicted molar refractivity (Wildman–Crippen MR) is 127 cm³/mol. The van der Waals surface area contributed by atoms with Gasteiger partial charge in [0.1, 0.15) is 16.4 Å². The van der Waals surface area contributed by atoms with Gasteiger partial charge < -0.3 is 9.47 Å². The number of methoxy groups -OCH3 is 2. The Morgan fingerprint density at radius 1 is 0.909 bits per heavy atom. The van der Waals surface area contributed by atoms with Crippen molar-refractivity contribution in [2.45, 2.75) is 11.4 Å². The maximum Gasteiger partial charge on any atom is 0.246 e. The van der Waals surface area contributed by atoms with E-state index in [9.17, 15) is 8.42 Å². The van der Waals surface area contributed by atoms with E-state index < -0.39 is 10.0 Å². The Balaban J connectivity index is 1.75. The van der Waals surface area contributed by atoms with Gasteiger partial charge in [0, 0.05) is 37.0 Å². The van der Waals surface area contributed by atoms with Crippen LogP contribution in [0.15, 0.2) is 90.0 Å². The molecule has 3 aromatic carbocycles. The van der Waals surface area contributed by atoms with Gasteiger partial charge in [0.15, 0.2) is 0 Å². The molecule has 0 unspecified atom stereocenters. The molecule has 170 valence electrons. The molecular formula is C25H25N3O4S. The van der Waals surface area contributed by atoms with Crippen LogP contribution in [0.25, 0.3) is 16.9 Å². The molecule has 0 atom stereocenters. The van der Waals surface area contributed by atoms with Gasteiger partial charge in [0.25, 0.3) is 0 Å². The van der Waals surface area contributed by atoms with E-state index in [0.29, 0.717) is 5.75 Å². The summed E-state index contributed by atoms with van der Waals surface area (Å²) in [6.07, 6.45) is 1.87. The number of para-hydroxylation sites is 1. The first-order valence-corrected chi connectivity index (χ1v) is 11.8. The summed E-state index contributed by atoms with van der Waals surface area (Å²) in [5.74, 6) is 0.690. The third-order valence-corrected chi connectivity index (χ3v) is 7.13. The number of ether oxygens (including phenoxy) is 2. The van der Waals surface area contributed by atoms with Gasteiger partial charge in [-0.2, -0.15) is 9.40 Å². The van der Waals surface area contributed by atoms with Crippen LogP contribution >= 0.6 is 0 Å². The van der Waals surface area contributed by atoms with Gasteiger partial charge >= 0.3 is 0 Å². The van der Waals surface area contributed by atoms with Crippen molar-refractivity contribution in [3.63, 3.8) is 0 Å². The van der Waals surface area contributed by atoms with Crippen LogP contribution in [0.5, 0.6) is 11.5 Å². The van der Waals surface area contributed by atoms with E-state index in [1.807, 2.05) is 66.9 Å². The third-order valence-electron chi connectivity index (χ3n) is 5.31. The first-order valence-electron chi connectivity index (χ1n) is 10.3. The summed E-state index contributed by atoms with van der Waals surface area (Å²) in [6.45, 7) is 0.125. The molecule has 0 saturated heterocycles. The SMILES string of the molecule is COc1ccc(OC)c(S(=O)(=O)N(C)Cc2cn(-c3ccccc3)nc2-c2ccccc2)c1. The van der Waals surface area contributed by atoms with Crippen molar-refractivity contribution in [3.05, 3.63) is 90.6 Å². The average Bonchev–Trinajstić information content (AvgIpc) is 3.28. The van der Waals surface area contributed by atoms with Crippen LogP contribution in [0.2, 0.25) is 0 Å². The van der Waals surface area contributed by atoms with E-state index in [-0.39, 0.29) is 17.2 Å². The van der Waals surface area contributed by atoms with E-state index >= 15 is 0 Å². The standard InChI is InChI=1S/C25H25N3O4S/c1-27(33(29,30)24-16-22(31-2)14-15-23(24)32-3)17-20-18-28(21-12-8-5-9-13-21)26-25(20)19-10-6-4-7-11-19/h4-16,18H,17H2,1-3H3. The number of benzene rings is 3. The summed E-state index contributed by atoms with van der Waals surface area (Å²) in [5.41, 5.74) is 3.30. The molecule has 7 nitrogen and oxygen atoms in total. The van der Waals surface area contributed by atoms with E-state index in [4.69, 9.17) is 14.6 Å². The molecule has 0 fully saturated rings. The minimum absolute atomic E-state index is 0.0450. The molecule has 0 radical (unpaired) electrons. The number of rotatable bonds is 8. The molecular weight excluding hydrogens is 438 g/mol. The van der Waals surface area contributed by atoms with Crippen molar-refractivity contribution in [3.8, 4) is 28.4 Å². The lowest BCUT2D eigenvalue weighted by molar-refractivity contribution is 0.388. The minimum atomic E-state index is -3.88. The van der Waals surface area contributed by atoms with Crippen LogP contribution in [0.3, 0.4) is 0 Å². The van der Waals surface area contributed by atoms with Gasteiger partial charge in [-0.25, -0.2) is 13.1 Å². The molecule has 0 saturated carbocycles. The monoisotopic (exact) mass is 463 g/mol. The third kappa shape index (κ3) is 4.62. The zero-order valence-electron chi connectivity index (χ0n) is 18.7. The van der Waals surface area contributed by atoms with Crippen LogP contribution in [0.4, 0.5) is 0 Å². The summed E-state index contributed by atoms with van der Waals surface area (Å²) >= 11 is 0. The Kier molecular flexibility index (Phi) is 6.48. The maximum atomic E-state index is 13.5. The van der Waals surface area contributed by atoms with Gasteiger partial charge in [0.2, 0.25) is 10.0 Å². The van der Waals surface area contributed by atoms with Crippen molar-refractivity contribution in [1.29, 1.82) is 0 Å². The van der Waals surface area contributed by atoms with E-state index in [1.165, 1.54) is 24.6 Å². The van der Waals surface area contributed by atoms with E-state index in [0.717, 1.165) is 22.5 Å². The number of hydrogen-bond acceptors (Lipinski definition) is 5. The molecule has 1 aromatic heterocycles. The quantitative estimate of drug-likeness (QED) is 0.388. The minimum Gasteiger partial charge on any atom is -0.497 e. The van der Waals surface area contributed by atoms with Gasteiger partial charge in [-0.1, -0.05) is 48.5 Å². The van der Waals surface area contributed by atoms with Crippen LogP contribution in [0.1, 0.15) is 5.56 Å². The number of aromatic nitrogens is 2. The molecule has 0 amide bonds. The second kappa shape index (κ2) is 9.48. The summed E-state index contributed by atoms with van der Waals surface area (Å²) in [4.78, 5) is 0.0450. The Labute approximate surface area is 193 Å². The second-order valence-electron chi connectivity index (χ2n) is 7.43. The fourth-order valence-corrected chi connectivity index (χ4v) is 4.87. The van der Waals surface area contributed by atoms with Crippen molar-refractivity contribution in [2.24, 2.45) is 0 Å². The first kappa shape index (κ1) is 22.6. The number of hydrogen-bond donors (Lipinski definition) is 0. The lowest BCUT2D eigenvalue weighted by atomic mass is 10.1. The summed E-state index contributed by atoms with van der Waals surface area (Å²) in [7, 11) is 0.604. The van der Waals surface area contributed by atoms with Gasteiger partial charge in [0.05, 0.1) is 25.6 Å². The predicted octanol–water partition coefficient (Wildman–Crippen LogP) is 4.38. The molecule has 1 heterocycles. The molecule has 8 heteroatoms. The Morgan fingerprint density at radius 2 is 1.58 bits per heavy atom. The average molecular weight is 464 g/mol. The zero-order chi connectivity index (χ0) is 23.4. The lowest BCUT2D eigenvalue weighted by Gasteiger charge is -2.19. The largest absolute Gasteiger partial charge is 0.497 e. The zero-order valence-corrected chi connectivity index (χ0v) is 19.5. The smallest absolute Gasteiger partial charge is 0.246 e. The van der Waals surface area contributed by atoms with Crippen LogP contribution in [-0.4, -0.2) is 43.8 Å². The molecule has 0 aliphatic heterocycles. The van der Waals surface area contributed by atoms with Crippen LogP contribution in [0, 0.1) is 0 Å². The highest BCUT2D eigenvalue weighted by atomic mass is 32.2. The molecule has 0 spiro atoms. The molecule has 0 bridgehead atoms. The Morgan fingerprint density at radius 3 is 2.21 bits per heavy atom. The summed E-state index contributed by atoms with van der Waals surface area (Å²) < 4.78 is 40.5. The maximum absolute atomic E-state index is 13.5. The highest BCUT2D eigenvalue weighted by Gasteiger charge is 2.27. The van der Waals surface area contributed by atoms with Crippen LogP contribution < -0.4 is 9.47 Å². The van der Waals surface area contributed by atoms with Crippen LogP contribution in [-0.2, 0) is 16.6 Å². The fraction of sp³-hybridized carbons (Fsp3) is 0.160. The molecule has 4 aromatic rings. The van der Waals surface area contributed by atoms with Crippen molar-refractivity contribution >= 4 is 10.0 Å². The van der Waals surface area contributed by atoms with Gasteiger partial charge in [-0.15, -0.1) is 0 Å². The first-order chi connectivity index (χ1) is 15.9. The molecule has 33 heavy (non-hydrogen) atoms. The Hall–Kier alpha value is -3.62. The summed E-state index contributed by atoms with van der Waals surface area (Å²) in [6, 6.07) is 24.1. The Bertz CT molecular complexity index is 1340. The number of nitrogens with zero attached hydrogens (tertiary/aromatic N) is 3. The van der Waals surface area contributed by atoms with E-state index in [1.54, 1.807) is 23.9 Å². The highest BCUT2D eigenvalue weighted by molar-refractivity contribution is 7.89. The molecule has 0 N–H and O–H groups in total. The molecule has 4 rings (SSSR count). The highest BCUT2D eigenvalue weighted by Crippen LogP contribution is 2.32. The summed E-state index contributed by atoms with van der Waals surface area (Å²) in [5, 5.41) is 4.77. The molecule has 0 aliphatic rings. The second-order valence-corrected chi connectivity index (χ2v) is 9.44. The van der Waals surface area contributed by atoms with Gasteiger partial charge in [-0.3, -0.25) is 0 Å². The molecule has 0 aliphatic carbocycles. The number of sulfonamides is 1. The fourth-order valence-electron chi connectivity index (χ4n) is 3.56. The van der Waals surface area contributed by atoms with Gasteiger partial charge in [-0.05, 0) is 24.3 Å². The lowest BCUT2D eigenvalue weighted by Crippen LogP contribution is -2.27. The van der Waals surface area contributed by atoms with E-state index in [2.05, 4.69) is 0 Å². The van der Waals surface area contributed by atoms with Crippen molar-refractivity contribution in [1.82, 2.24) is 14.1 Å². The normalized spacial score (nSPS) is 11.5. The topological polar surface area (TPSA) is 73.7 Å².